The van der Waals surface area contributed by atoms with E-state index < -0.39 is 5.60 Å². The molecule has 2 aliphatic carbocycles. The molecule has 84 valence electrons. The average molecular weight is 216 g/mol. The third kappa shape index (κ3) is 1.08. The Morgan fingerprint density at radius 1 is 1.31 bits per heavy atom. The van der Waals surface area contributed by atoms with Gasteiger partial charge >= 0.3 is 0 Å². The predicted molar refractivity (Wildman–Crippen MR) is 61.7 cm³/mol. The Morgan fingerprint density at radius 3 is 2.94 bits per heavy atom. The predicted octanol–water partition coefficient (Wildman–Crippen LogP) is 2.93. The number of hydrogen-bond acceptors (Lipinski definition) is 2. The number of fused-ring (bicyclic) bond motifs is 3. The average Bonchev–Trinajstić information content (AvgIpc) is 2.62. The number of ether oxygens (including phenoxy) is 1. The Bertz CT molecular complexity index is 438. The number of Topliss-reactive ketones (excluding diaryl/α,β-unsaturated/α-hetero) is 1. The first-order chi connectivity index (χ1) is 7.79. The number of benzene rings is 1. The monoisotopic (exact) mass is 216 g/mol. The third-order valence-corrected chi connectivity index (χ3v) is 4.18. The van der Waals surface area contributed by atoms with Crippen molar-refractivity contribution in [3.8, 4) is 0 Å². The van der Waals surface area contributed by atoms with Crippen molar-refractivity contribution in [1.82, 2.24) is 0 Å². The minimum Gasteiger partial charge on any atom is -0.369 e. The lowest BCUT2D eigenvalue weighted by molar-refractivity contribution is -0.0269. The molecule has 2 heteroatoms. The normalized spacial score (nSPS) is 32.3. The van der Waals surface area contributed by atoms with Crippen molar-refractivity contribution >= 4 is 5.78 Å². The number of carbonyl (C=O) groups is 1. The van der Waals surface area contributed by atoms with Crippen LogP contribution in [0.4, 0.5) is 0 Å². The lowest BCUT2D eigenvalue weighted by atomic mass is 9.75. The van der Waals surface area contributed by atoms with Crippen LogP contribution in [0.15, 0.2) is 24.3 Å². The van der Waals surface area contributed by atoms with Gasteiger partial charge in [-0.05, 0) is 18.4 Å². The number of methoxy groups -OCH3 is 1. The van der Waals surface area contributed by atoms with Crippen LogP contribution in [0, 0.1) is 0 Å². The molecular weight excluding hydrogens is 200 g/mol. The lowest BCUT2D eigenvalue weighted by Crippen LogP contribution is -2.43. The molecule has 0 heterocycles. The summed E-state index contributed by atoms with van der Waals surface area (Å²) in [5.41, 5.74) is 1.55. The first kappa shape index (κ1) is 10.0. The maximum Gasteiger partial charge on any atom is 0.195 e. The highest BCUT2D eigenvalue weighted by molar-refractivity contribution is 6.08. The van der Waals surface area contributed by atoms with Crippen LogP contribution in [0.3, 0.4) is 0 Å². The van der Waals surface area contributed by atoms with Crippen LogP contribution in [0.25, 0.3) is 0 Å². The molecule has 0 radical (unpaired) electrons. The van der Waals surface area contributed by atoms with Crippen LogP contribution < -0.4 is 0 Å². The molecule has 0 spiro atoms. The van der Waals surface area contributed by atoms with E-state index in [9.17, 15) is 4.79 Å². The van der Waals surface area contributed by atoms with Crippen molar-refractivity contribution in [1.29, 1.82) is 0 Å². The summed E-state index contributed by atoms with van der Waals surface area (Å²) in [6.45, 7) is 0. The highest BCUT2D eigenvalue weighted by atomic mass is 16.5. The van der Waals surface area contributed by atoms with Gasteiger partial charge in [0.1, 0.15) is 5.60 Å². The van der Waals surface area contributed by atoms with Crippen LogP contribution in [0.1, 0.15) is 47.5 Å². The quantitative estimate of drug-likeness (QED) is 0.721. The fourth-order valence-corrected chi connectivity index (χ4v) is 3.39. The Morgan fingerprint density at radius 2 is 2.12 bits per heavy atom. The van der Waals surface area contributed by atoms with Gasteiger partial charge in [0.25, 0.3) is 0 Å². The van der Waals surface area contributed by atoms with Gasteiger partial charge in [-0.2, -0.15) is 0 Å². The summed E-state index contributed by atoms with van der Waals surface area (Å²) in [6.07, 6.45) is 4.26. The molecule has 2 aliphatic rings. The summed E-state index contributed by atoms with van der Waals surface area (Å²) >= 11 is 0. The minimum atomic E-state index is -0.540. The molecule has 1 saturated carbocycles. The SMILES string of the molecule is CO[C@]12CCCC[C@H]1c1ccccc1C2=O. The van der Waals surface area contributed by atoms with Crippen LogP contribution in [-0.4, -0.2) is 18.5 Å². The number of carbonyl (C=O) groups excluding carboxylic acids is 1. The largest absolute Gasteiger partial charge is 0.369 e. The van der Waals surface area contributed by atoms with E-state index in [2.05, 4.69) is 6.07 Å². The smallest absolute Gasteiger partial charge is 0.195 e. The zero-order valence-electron chi connectivity index (χ0n) is 9.53. The molecule has 0 N–H and O–H groups in total. The summed E-state index contributed by atoms with van der Waals surface area (Å²) in [6, 6.07) is 7.99. The second kappa shape index (κ2) is 3.42. The molecule has 2 nitrogen and oxygen atoms in total. The van der Waals surface area contributed by atoms with Gasteiger partial charge in [-0.15, -0.1) is 0 Å². The first-order valence-corrected chi connectivity index (χ1v) is 5.98. The third-order valence-electron chi connectivity index (χ3n) is 4.18. The van der Waals surface area contributed by atoms with E-state index >= 15 is 0 Å². The van der Waals surface area contributed by atoms with E-state index in [0.29, 0.717) is 0 Å². The van der Waals surface area contributed by atoms with Crippen molar-refractivity contribution in [3.05, 3.63) is 35.4 Å². The van der Waals surface area contributed by atoms with Crippen molar-refractivity contribution < 1.29 is 9.53 Å². The van der Waals surface area contributed by atoms with E-state index in [0.717, 1.165) is 24.8 Å². The number of hydrogen-bond donors (Lipinski definition) is 0. The molecule has 1 aromatic rings. The van der Waals surface area contributed by atoms with Crippen LogP contribution in [-0.2, 0) is 4.74 Å². The molecule has 2 atom stereocenters. The van der Waals surface area contributed by atoms with Crippen LogP contribution in [0.5, 0.6) is 0 Å². The van der Waals surface area contributed by atoms with Gasteiger partial charge in [-0.3, -0.25) is 4.79 Å². The molecular formula is C14H16O2. The molecule has 3 rings (SSSR count). The molecule has 0 unspecified atom stereocenters. The van der Waals surface area contributed by atoms with Gasteiger partial charge in [0, 0.05) is 18.6 Å². The van der Waals surface area contributed by atoms with Gasteiger partial charge in [-0.25, -0.2) is 0 Å². The van der Waals surface area contributed by atoms with Gasteiger partial charge in [-0.1, -0.05) is 37.1 Å². The standard InChI is InChI=1S/C14H16O2/c1-16-14-9-5-4-8-12(14)10-6-2-3-7-11(10)13(14)15/h2-3,6-7,12H,4-5,8-9H2,1H3/t12-,14+/m0/s1. The number of rotatable bonds is 1. The summed E-state index contributed by atoms with van der Waals surface area (Å²) in [5.74, 6) is 0.491. The maximum atomic E-state index is 12.5. The molecule has 1 fully saturated rings. The second-order valence-corrected chi connectivity index (χ2v) is 4.81. The van der Waals surface area contributed by atoms with Crippen molar-refractivity contribution in [2.45, 2.75) is 37.2 Å². The Hall–Kier alpha value is -1.15. The summed E-state index contributed by atoms with van der Waals surface area (Å²) in [7, 11) is 1.68. The highest BCUT2D eigenvalue weighted by Gasteiger charge is 2.54. The summed E-state index contributed by atoms with van der Waals surface area (Å²) in [5, 5.41) is 0. The minimum absolute atomic E-state index is 0.204. The molecule has 1 aromatic carbocycles. The first-order valence-electron chi connectivity index (χ1n) is 5.98. The van der Waals surface area contributed by atoms with E-state index in [1.807, 2.05) is 18.2 Å². The zero-order chi connectivity index (χ0) is 11.2. The molecule has 0 saturated heterocycles. The Labute approximate surface area is 95.6 Å². The van der Waals surface area contributed by atoms with Gasteiger partial charge < -0.3 is 4.74 Å². The van der Waals surface area contributed by atoms with Gasteiger partial charge in [0.15, 0.2) is 5.78 Å². The summed E-state index contributed by atoms with van der Waals surface area (Å²) in [4.78, 5) is 12.5. The van der Waals surface area contributed by atoms with Gasteiger partial charge in [0.2, 0.25) is 0 Å². The maximum absolute atomic E-state index is 12.5. The fourth-order valence-electron chi connectivity index (χ4n) is 3.39. The van der Waals surface area contributed by atoms with E-state index in [1.165, 1.54) is 12.0 Å². The van der Waals surface area contributed by atoms with E-state index in [1.54, 1.807) is 7.11 Å². The van der Waals surface area contributed by atoms with Crippen LogP contribution in [0.2, 0.25) is 0 Å². The van der Waals surface area contributed by atoms with Crippen LogP contribution >= 0.6 is 0 Å². The highest BCUT2D eigenvalue weighted by Crippen LogP contribution is 2.50. The van der Waals surface area contributed by atoms with Crippen molar-refractivity contribution in [2.24, 2.45) is 0 Å². The Kier molecular flexibility index (Phi) is 2.15. The second-order valence-electron chi connectivity index (χ2n) is 4.81. The molecule has 16 heavy (non-hydrogen) atoms. The van der Waals surface area contributed by atoms with Crippen molar-refractivity contribution in [2.75, 3.05) is 7.11 Å². The topological polar surface area (TPSA) is 26.3 Å². The molecule has 0 aromatic heterocycles. The molecule has 0 amide bonds. The zero-order valence-corrected chi connectivity index (χ0v) is 9.53. The molecule has 0 aliphatic heterocycles. The molecule has 0 bridgehead atoms. The van der Waals surface area contributed by atoms with E-state index in [4.69, 9.17) is 4.74 Å². The van der Waals surface area contributed by atoms with Crippen molar-refractivity contribution in [3.63, 3.8) is 0 Å². The van der Waals surface area contributed by atoms with Gasteiger partial charge in [0.05, 0.1) is 0 Å². The lowest BCUT2D eigenvalue weighted by Gasteiger charge is -2.36. The van der Waals surface area contributed by atoms with E-state index in [-0.39, 0.29) is 11.7 Å². The fraction of sp³-hybridized carbons (Fsp3) is 0.500. The Balaban J connectivity index is 2.17. The number of ketones is 1. The summed E-state index contributed by atoms with van der Waals surface area (Å²) < 4.78 is 5.65.